The van der Waals surface area contributed by atoms with Crippen LogP contribution in [0.5, 0.6) is 0 Å². The zero-order valence-electron chi connectivity index (χ0n) is 11.6. The van der Waals surface area contributed by atoms with Gasteiger partial charge in [-0.15, -0.1) is 0 Å². The van der Waals surface area contributed by atoms with Crippen molar-refractivity contribution < 1.29 is 4.39 Å². The van der Waals surface area contributed by atoms with Crippen LogP contribution in [0.15, 0.2) is 18.5 Å². The van der Waals surface area contributed by atoms with Crippen molar-refractivity contribution in [3.8, 4) is 6.07 Å². The SMILES string of the molecule is C[C@H]1CC(=N)CN(c2c(F)cc(C#N)c3nccnc23)C1. The molecule has 0 aliphatic carbocycles. The monoisotopic (exact) mass is 283 g/mol. The maximum Gasteiger partial charge on any atom is 0.150 e. The first-order chi connectivity index (χ1) is 10.1. The molecule has 21 heavy (non-hydrogen) atoms. The second kappa shape index (κ2) is 5.09. The summed E-state index contributed by atoms with van der Waals surface area (Å²) >= 11 is 0. The molecule has 1 saturated heterocycles. The van der Waals surface area contributed by atoms with E-state index in [9.17, 15) is 4.39 Å². The van der Waals surface area contributed by atoms with Gasteiger partial charge in [0.2, 0.25) is 0 Å². The van der Waals surface area contributed by atoms with Crippen LogP contribution in [-0.4, -0.2) is 28.8 Å². The van der Waals surface area contributed by atoms with E-state index in [1.54, 1.807) is 0 Å². The van der Waals surface area contributed by atoms with Gasteiger partial charge >= 0.3 is 0 Å². The van der Waals surface area contributed by atoms with Crippen molar-refractivity contribution in [3.63, 3.8) is 0 Å². The number of anilines is 1. The Morgan fingerprint density at radius 2 is 2.10 bits per heavy atom. The summed E-state index contributed by atoms with van der Waals surface area (Å²) in [6.07, 6.45) is 3.72. The molecule has 0 saturated carbocycles. The maximum atomic E-state index is 14.5. The van der Waals surface area contributed by atoms with E-state index in [1.165, 1.54) is 18.5 Å². The number of halogens is 1. The molecule has 2 aromatic rings. The van der Waals surface area contributed by atoms with Gasteiger partial charge in [0, 0.05) is 24.7 Å². The summed E-state index contributed by atoms with van der Waals surface area (Å²) in [4.78, 5) is 10.2. The number of fused-ring (bicyclic) bond motifs is 1. The van der Waals surface area contributed by atoms with Gasteiger partial charge in [0.1, 0.15) is 28.6 Å². The Balaban J connectivity index is 2.21. The first kappa shape index (κ1) is 13.4. The van der Waals surface area contributed by atoms with Gasteiger partial charge in [-0.3, -0.25) is 9.97 Å². The van der Waals surface area contributed by atoms with Crippen LogP contribution >= 0.6 is 0 Å². The Morgan fingerprint density at radius 3 is 2.76 bits per heavy atom. The first-order valence-electron chi connectivity index (χ1n) is 6.74. The molecule has 1 aromatic carbocycles. The number of nitriles is 1. The second-order valence-electron chi connectivity index (χ2n) is 5.41. The van der Waals surface area contributed by atoms with Gasteiger partial charge in [-0.25, -0.2) is 4.39 Å². The van der Waals surface area contributed by atoms with Crippen molar-refractivity contribution in [3.05, 3.63) is 29.8 Å². The summed E-state index contributed by atoms with van der Waals surface area (Å²) < 4.78 is 14.5. The van der Waals surface area contributed by atoms with E-state index < -0.39 is 5.82 Å². The molecule has 0 unspecified atom stereocenters. The molecule has 0 radical (unpaired) electrons. The first-order valence-corrected chi connectivity index (χ1v) is 6.74. The van der Waals surface area contributed by atoms with Crippen LogP contribution in [-0.2, 0) is 0 Å². The third-order valence-corrected chi connectivity index (χ3v) is 3.62. The molecule has 6 heteroatoms. The Hall–Kier alpha value is -2.55. The zero-order chi connectivity index (χ0) is 15.0. The highest BCUT2D eigenvalue weighted by Crippen LogP contribution is 2.32. The van der Waals surface area contributed by atoms with E-state index in [-0.39, 0.29) is 11.5 Å². The lowest BCUT2D eigenvalue weighted by molar-refractivity contribution is 0.549. The number of hydrogen-bond donors (Lipinski definition) is 1. The molecule has 3 rings (SSSR count). The van der Waals surface area contributed by atoms with Crippen molar-refractivity contribution in [2.45, 2.75) is 13.3 Å². The van der Waals surface area contributed by atoms with Crippen LogP contribution in [0.2, 0.25) is 0 Å². The topological polar surface area (TPSA) is 76.7 Å². The fraction of sp³-hybridized carbons (Fsp3) is 0.333. The normalized spacial score (nSPS) is 18.8. The van der Waals surface area contributed by atoms with Crippen LogP contribution < -0.4 is 4.90 Å². The number of piperidine rings is 1. The van der Waals surface area contributed by atoms with Crippen molar-refractivity contribution in [1.82, 2.24) is 9.97 Å². The smallest absolute Gasteiger partial charge is 0.150 e. The molecule has 1 aromatic heterocycles. The van der Waals surface area contributed by atoms with Gasteiger partial charge in [0.25, 0.3) is 0 Å². The molecule has 106 valence electrons. The highest BCUT2D eigenvalue weighted by molar-refractivity contribution is 5.95. The van der Waals surface area contributed by atoms with E-state index in [1.807, 2.05) is 17.9 Å². The number of hydrogen-bond acceptors (Lipinski definition) is 5. The predicted octanol–water partition coefficient (Wildman–Crippen LogP) is 2.51. The lowest BCUT2D eigenvalue weighted by Crippen LogP contribution is -2.40. The van der Waals surface area contributed by atoms with E-state index in [0.29, 0.717) is 35.5 Å². The van der Waals surface area contributed by atoms with Crippen molar-refractivity contribution in [2.75, 3.05) is 18.0 Å². The molecule has 2 heterocycles. The minimum absolute atomic E-state index is 0.180. The lowest BCUT2D eigenvalue weighted by Gasteiger charge is -2.33. The Morgan fingerprint density at radius 1 is 1.38 bits per heavy atom. The van der Waals surface area contributed by atoms with Gasteiger partial charge in [0.05, 0.1) is 12.1 Å². The van der Waals surface area contributed by atoms with E-state index in [0.717, 1.165) is 6.42 Å². The lowest BCUT2D eigenvalue weighted by atomic mass is 9.97. The molecule has 0 amide bonds. The number of benzene rings is 1. The zero-order valence-corrected chi connectivity index (χ0v) is 11.6. The average Bonchev–Trinajstić information content (AvgIpc) is 2.45. The molecule has 1 fully saturated rings. The molecular weight excluding hydrogens is 269 g/mol. The highest BCUT2D eigenvalue weighted by Gasteiger charge is 2.26. The van der Waals surface area contributed by atoms with Gasteiger partial charge < -0.3 is 10.3 Å². The van der Waals surface area contributed by atoms with Crippen LogP contribution in [0.25, 0.3) is 11.0 Å². The summed E-state index contributed by atoms with van der Waals surface area (Å²) in [5.41, 5.74) is 1.89. The van der Waals surface area contributed by atoms with Gasteiger partial charge in [-0.1, -0.05) is 6.92 Å². The molecule has 5 nitrogen and oxygen atoms in total. The molecule has 1 atom stereocenters. The van der Waals surface area contributed by atoms with Crippen LogP contribution in [0.3, 0.4) is 0 Å². The predicted molar refractivity (Wildman–Crippen MR) is 77.9 cm³/mol. The van der Waals surface area contributed by atoms with Gasteiger partial charge in [-0.05, 0) is 18.4 Å². The molecular formula is C15H14FN5. The number of nitrogens with one attached hydrogen (secondary N) is 1. The third kappa shape index (κ3) is 2.31. The summed E-state index contributed by atoms with van der Waals surface area (Å²) in [6, 6.07) is 3.16. The van der Waals surface area contributed by atoms with E-state index in [4.69, 9.17) is 10.7 Å². The summed E-state index contributed by atoms with van der Waals surface area (Å²) in [6.45, 7) is 3.09. The summed E-state index contributed by atoms with van der Waals surface area (Å²) in [7, 11) is 0. The molecule has 1 aliphatic heterocycles. The molecule has 1 aliphatic rings. The standard InChI is InChI=1S/C15H14FN5/c1-9-4-11(18)8-21(7-9)15-12(16)5-10(6-17)13-14(15)20-3-2-19-13/h2-3,5,9,18H,4,7-8H2,1H3/t9-/m0/s1. The van der Waals surface area contributed by atoms with Gasteiger partial charge in [-0.2, -0.15) is 5.26 Å². The summed E-state index contributed by atoms with van der Waals surface area (Å²) in [5.74, 6) is -0.200. The average molecular weight is 283 g/mol. The molecule has 0 spiro atoms. The second-order valence-corrected chi connectivity index (χ2v) is 5.41. The minimum atomic E-state index is -0.485. The van der Waals surface area contributed by atoms with E-state index >= 15 is 0 Å². The Labute approximate surface area is 121 Å². The van der Waals surface area contributed by atoms with E-state index in [2.05, 4.69) is 9.97 Å². The maximum absolute atomic E-state index is 14.5. The molecule has 0 bridgehead atoms. The minimum Gasteiger partial charge on any atom is -0.362 e. The number of rotatable bonds is 1. The quantitative estimate of drug-likeness (QED) is 0.872. The molecule has 1 N–H and O–H groups in total. The third-order valence-electron chi connectivity index (χ3n) is 3.62. The van der Waals surface area contributed by atoms with Gasteiger partial charge in [0.15, 0.2) is 0 Å². The fourth-order valence-electron chi connectivity index (χ4n) is 2.86. The highest BCUT2D eigenvalue weighted by atomic mass is 19.1. The largest absolute Gasteiger partial charge is 0.362 e. The van der Waals surface area contributed by atoms with Crippen molar-refractivity contribution >= 4 is 22.4 Å². The van der Waals surface area contributed by atoms with Crippen molar-refractivity contribution in [1.29, 1.82) is 10.7 Å². The fourth-order valence-corrected chi connectivity index (χ4v) is 2.86. The Kier molecular flexibility index (Phi) is 3.26. The number of nitrogens with zero attached hydrogens (tertiary/aromatic N) is 4. The summed E-state index contributed by atoms with van der Waals surface area (Å²) in [5, 5.41) is 17.0. The van der Waals surface area contributed by atoms with Crippen molar-refractivity contribution in [2.24, 2.45) is 5.92 Å². The number of aromatic nitrogens is 2. The Bertz CT molecular complexity index is 764. The van der Waals surface area contributed by atoms with Crippen LogP contribution in [0, 0.1) is 28.5 Å². The van der Waals surface area contributed by atoms with Crippen LogP contribution in [0.1, 0.15) is 18.9 Å². The van der Waals surface area contributed by atoms with Crippen LogP contribution in [0.4, 0.5) is 10.1 Å².